The fourth-order valence-corrected chi connectivity index (χ4v) is 1.27. The Hall–Kier alpha value is -1.62. The van der Waals surface area contributed by atoms with Gasteiger partial charge < -0.3 is 5.32 Å². The summed E-state index contributed by atoms with van der Waals surface area (Å²) in [6.07, 6.45) is 0. The largest absolute Gasteiger partial charge is 0.325 e. The number of nitrogens with zero attached hydrogens (tertiary/aromatic N) is 1. The number of halogens is 1. The van der Waals surface area contributed by atoms with Crippen molar-refractivity contribution in [1.82, 2.24) is 5.43 Å². The number of rotatable bonds is 3. The smallest absolute Gasteiger partial charge is 0.210 e. The van der Waals surface area contributed by atoms with Gasteiger partial charge in [0.25, 0.3) is 0 Å². The third kappa shape index (κ3) is 4.03. The molecule has 0 spiro atoms. The van der Waals surface area contributed by atoms with E-state index in [0.29, 0.717) is 29.7 Å². The molecule has 0 saturated carbocycles. The molecule has 0 bridgehead atoms. The van der Waals surface area contributed by atoms with E-state index >= 15 is 0 Å². The number of aliphatic imine (C=N–C) groups is 1. The zero-order chi connectivity index (χ0) is 12.8. The summed E-state index contributed by atoms with van der Waals surface area (Å²) in [6, 6.07) is 4.84. The fourth-order valence-electron chi connectivity index (χ4n) is 1.27. The second-order valence-electron chi connectivity index (χ2n) is 4.26. The molecule has 4 N–H and O–H groups in total. The van der Waals surface area contributed by atoms with Gasteiger partial charge in [0, 0.05) is 17.8 Å². The van der Waals surface area contributed by atoms with E-state index in [1.165, 1.54) is 6.07 Å². The van der Waals surface area contributed by atoms with Gasteiger partial charge in [-0.3, -0.25) is 10.4 Å². The van der Waals surface area contributed by atoms with Gasteiger partial charge in [-0.25, -0.2) is 10.2 Å². The third-order valence-corrected chi connectivity index (χ3v) is 2.27. The van der Waals surface area contributed by atoms with Crippen LogP contribution >= 0.6 is 0 Å². The Morgan fingerprint density at radius 1 is 1.47 bits per heavy atom. The van der Waals surface area contributed by atoms with E-state index in [2.05, 4.69) is 29.6 Å². The molecule has 0 aliphatic heterocycles. The molecule has 5 heteroatoms. The lowest BCUT2D eigenvalue weighted by molar-refractivity contribution is 0.619. The van der Waals surface area contributed by atoms with Crippen LogP contribution in [0.3, 0.4) is 0 Å². The molecule has 4 nitrogen and oxygen atoms in total. The molecule has 0 aliphatic carbocycles. The van der Waals surface area contributed by atoms with E-state index in [9.17, 15) is 4.39 Å². The molecule has 17 heavy (non-hydrogen) atoms. The van der Waals surface area contributed by atoms with Crippen molar-refractivity contribution in [3.05, 3.63) is 29.6 Å². The Kier molecular flexibility index (Phi) is 4.90. The molecule has 0 unspecified atom stereocenters. The number of benzene rings is 1. The van der Waals surface area contributed by atoms with Gasteiger partial charge in [-0.15, -0.1) is 0 Å². The molecule has 94 valence electrons. The van der Waals surface area contributed by atoms with Gasteiger partial charge in [-0.2, -0.15) is 0 Å². The highest BCUT2D eigenvalue weighted by atomic mass is 19.1. The van der Waals surface area contributed by atoms with E-state index in [1.54, 1.807) is 19.1 Å². The number of nitrogens with two attached hydrogens (primary N) is 1. The van der Waals surface area contributed by atoms with E-state index in [-0.39, 0.29) is 5.82 Å². The minimum atomic E-state index is -0.254. The highest BCUT2D eigenvalue weighted by molar-refractivity contribution is 5.93. The van der Waals surface area contributed by atoms with Crippen molar-refractivity contribution in [2.45, 2.75) is 20.8 Å². The highest BCUT2D eigenvalue weighted by Crippen LogP contribution is 2.17. The Balaban J connectivity index is 2.81. The van der Waals surface area contributed by atoms with Crippen molar-refractivity contribution in [1.29, 1.82) is 0 Å². The van der Waals surface area contributed by atoms with E-state index in [4.69, 9.17) is 5.84 Å². The summed E-state index contributed by atoms with van der Waals surface area (Å²) in [7, 11) is 0. The van der Waals surface area contributed by atoms with Crippen LogP contribution in [0.15, 0.2) is 23.2 Å². The summed E-state index contributed by atoms with van der Waals surface area (Å²) < 4.78 is 13.3. The molecule has 0 atom stereocenters. The molecular weight excluding hydrogens is 219 g/mol. The first-order valence-electron chi connectivity index (χ1n) is 5.57. The maximum atomic E-state index is 13.3. The second-order valence-corrected chi connectivity index (χ2v) is 4.26. The molecule has 0 aliphatic rings. The maximum Gasteiger partial charge on any atom is 0.210 e. The van der Waals surface area contributed by atoms with Crippen molar-refractivity contribution >= 4 is 11.6 Å². The zero-order valence-corrected chi connectivity index (χ0v) is 10.4. The molecule has 1 aromatic rings. The van der Waals surface area contributed by atoms with Crippen LogP contribution in [0.4, 0.5) is 10.1 Å². The van der Waals surface area contributed by atoms with Gasteiger partial charge in [-0.1, -0.05) is 19.9 Å². The molecule has 0 radical (unpaired) electrons. The van der Waals surface area contributed by atoms with E-state index < -0.39 is 0 Å². The van der Waals surface area contributed by atoms with E-state index in [0.717, 1.165) is 0 Å². The average Bonchev–Trinajstić information content (AvgIpc) is 2.29. The van der Waals surface area contributed by atoms with Gasteiger partial charge in [0.05, 0.1) is 0 Å². The Morgan fingerprint density at radius 3 is 2.76 bits per heavy atom. The van der Waals surface area contributed by atoms with Gasteiger partial charge in [0.15, 0.2) is 0 Å². The van der Waals surface area contributed by atoms with Crippen LogP contribution in [0, 0.1) is 18.7 Å². The van der Waals surface area contributed by atoms with Crippen LogP contribution in [0.1, 0.15) is 19.4 Å². The summed E-state index contributed by atoms with van der Waals surface area (Å²) in [5, 5.41) is 2.97. The van der Waals surface area contributed by atoms with E-state index in [1.807, 2.05) is 0 Å². The number of hydrogen-bond donors (Lipinski definition) is 3. The summed E-state index contributed by atoms with van der Waals surface area (Å²) in [5.41, 5.74) is 3.67. The Morgan fingerprint density at radius 2 is 2.18 bits per heavy atom. The van der Waals surface area contributed by atoms with Crippen LogP contribution in [0.25, 0.3) is 0 Å². The van der Waals surface area contributed by atoms with Crippen molar-refractivity contribution in [3.8, 4) is 0 Å². The lowest BCUT2D eigenvalue weighted by Crippen LogP contribution is -2.36. The SMILES string of the molecule is Cc1c(F)cccc1NC(=NCC(C)C)NN. The van der Waals surface area contributed by atoms with Crippen molar-refractivity contribution in [3.63, 3.8) is 0 Å². The predicted octanol–water partition coefficient (Wildman–Crippen LogP) is 2.02. The average molecular weight is 238 g/mol. The first-order valence-corrected chi connectivity index (χ1v) is 5.57. The quantitative estimate of drug-likeness (QED) is 0.327. The standard InChI is InChI=1S/C12H19FN4/c1-8(2)7-15-12(17-14)16-11-6-4-5-10(13)9(11)3/h4-6,8H,7,14H2,1-3H3,(H2,15,16,17). The molecule has 1 rings (SSSR count). The van der Waals surface area contributed by atoms with Crippen LogP contribution in [-0.4, -0.2) is 12.5 Å². The summed E-state index contributed by atoms with van der Waals surface area (Å²) >= 11 is 0. The van der Waals surface area contributed by atoms with Gasteiger partial charge in [0.1, 0.15) is 5.82 Å². The van der Waals surface area contributed by atoms with Gasteiger partial charge in [-0.05, 0) is 25.0 Å². The van der Waals surface area contributed by atoms with Crippen molar-refractivity contribution in [2.24, 2.45) is 16.8 Å². The Labute approximate surface area is 101 Å². The van der Waals surface area contributed by atoms with Crippen LogP contribution in [0.5, 0.6) is 0 Å². The molecule has 0 heterocycles. The van der Waals surface area contributed by atoms with Crippen molar-refractivity contribution < 1.29 is 4.39 Å². The van der Waals surface area contributed by atoms with Crippen molar-refractivity contribution in [2.75, 3.05) is 11.9 Å². The van der Waals surface area contributed by atoms with Gasteiger partial charge >= 0.3 is 0 Å². The lowest BCUT2D eigenvalue weighted by atomic mass is 10.2. The molecule has 0 saturated heterocycles. The minimum Gasteiger partial charge on any atom is -0.325 e. The molecular formula is C12H19FN4. The summed E-state index contributed by atoms with van der Waals surface area (Å²) in [6.45, 7) is 6.48. The van der Waals surface area contributed by atoms with Crippen LogP contribution in [-0.2, 0) is 0 Å². The zero-order valence-electron chi connectivity index (χ0n) is 10.4. The monoisotopic (exact) mass is 238 g/mol. The fraction of sp³-hybridized carbons (Fsp3) is 0.417. The topological polar surface area (TPSA) is 62.4 Å². The number of nitrogens with one attached hydrogen (secondary N) is 2. The molecule has 0 fully saturated rings. The first-order chi connectivity index (χ1) is 8.04. The van der Waals surface area contributed by atoms with Crippen LogP contribution < -0.4 is 16.6 Å². The summed E-state index contributed by atoms with van der Waals surface area (Å²) in [4.78, 5) is 4.25. The Bertz CT molecular complexity index is 401. The molecule has 0 aromatic heterocycles. The summed E-state index contributed by atoms with van der Waals surface area (Å²) in [5.74, 6) is 5.98. The highest BCUT2D eigenvalue weighted by Gasteiger charge is 2.05. The minimum absolute atomic E-state index is 0.254. The number of hydrazine groups is 1. The second kappa shape index (κ2) is 6.20. The third-order valence-electron chi connectivity index (χ3n) is 2.27. The normalized spacial score (nSPS) is 11.8. The maximum absolute atomic E-state index is 13.3. The molecule has 1 aromatic carbocycles. The van der Waals surface area contributed by atoms with Crippen LogP contribution in [0.2, 0.25) is 0 Å². The number of anilines is 1. The lowest BCUT2D eigenvalue weighted by Gasteiger charge is -2.12. The number of hydrogen-bond acceptors (Lipinski definition) is 2. The van der Waals surface area contributed by atoms with Gasteiger partial charge in [0.2, 0.25) is 5.96 Å². The molecule has 0 amide bonds. The number of guanidine groups is 1. The first kappa shape index (κ1) is 13.4. The predicted molar refractivity (Wildman–Crippen MR) is 69.2 cm³/mol.